The molecule has 0 amide bonds. The predicted molar refractivity (Wildman–Crippen MR) is 65.7 cm³/mol. The van der Waals surface area contributed by atoms with Crippen molar-refractivity contribution in [1.82, 2.24) is 0 Å². The molecule has 4 heteroatoms. The van der Waals surface area contributed by atoms with E-state index in [4.69, 9.17) is 22.1 Å². The average molecular weight is 240 g/mol. The molecular formula is C11H10ClNOS. The van der Waals surface area contributed by atoms with Crippen LogP contribution < -0.4 is 10.5 Å². The molecule has 0 aliphatic heterocycles. The zero-order valence-corrected chi connectivity index (χ0v) is 9.73. The van der Waals surface area contributed by atoms with Gasteiger partial charge in [0.1, 0.15) is 5.75 Å². The van der Waals surface area contributed by atoms with Crippen molar-refractivity contribution in [3.8, 4) is 16.9 Å². The Morgan fingerprint density at radius 2 is 2.07 bits per heavy atom. The third-order valence-electron chi connectivity index (χ3n) is 2.10. The third-order valence-corrected chi connectivity index (χ3v) is 3.16. The van der Waals surface area contributed by atoms with Gasteiger partial charge in [-0.3, -0.25) is 0 Å². The number of nitrogen functional groups attached to an aromatic ring is 1. The van der Waals surface area contributed by atoms with E-state index in [-0.39, 0.29) is 0 Å². The van der Waals surface area contributed by atoms with E-state index in [1.165, 1.54) is 11.3 Å². The molecule has 15 heavy (non-hydrogen) atoms. The Labute approximate surface area is 97.3 Å². The smallest absolute Gasteiger partial charge is 0.137 e. The molecule has 0 aliphatic rings. The summed E-state index contributed by atoms with van der Waals surface area (Å²) in [4.78, 5) is 0. The van der Waals surface area contributed by atoms with Crippen LogP contribution in [0.15, 0.2) is 29.6 Å². The summed E-state index contributed by atoms with van der Waals surface area (Å²) in [6.45, 7) is 0. The number of ether oxygens (including phenoxy) is 1. The molecule has 0 saturated heterocycles. The van der Waals surface area contributed by atoms with E-state index >= 15 is 0 Å². The lowest BCUT2D eigenvalue weighted by Gasteiger charge is -2.04. The molecule has 0 aliphatic carbocycles. The summed E-state index contributed by atoms with van der Waals surface area (Å²) < 4.78 is 5.09. The van der Waals surface area contributed by atoms with Crippen LogP contribution in [0.2, 0.25) is 5.02 Å². The number of thiophene rings is 1. The van der Waals surface area contributed by atoms with Crippen LogP contribution in [0.4, 0.5) is 5.00 Å². The number of hydrogen-bond donors (Lipinski definition) is 1. The van der Waals surface area contributed by atoms with E-state index in [0.717, 1.165) is 16.1 Å². The van der Waals surface area contributed by atoms with Gasteiger partial charge < -0.3 is 10.5 Å². The number of rotatable bonds is 2. The minimum Gasteiger partial charge on any atom is -0.495 e. The third kappa shape index (κ3) is 2.08. The summed E-state index contributed by atoms with van der Waals surface area (Å²) in [5.74, 6) is 0.684. The molecule has 0 bridgehead atoms. The Morgan fingerprint density at radius 3 is 2.60 bits per heavy atom. The van der Waals surface area contributed by atoms with Crippen LogP contribution in [0.25, 0.3) is 11.1 Å². The number of hydrogen-bond acceptors (Lipinski definition) is 3. The first-order valence-electron chi connectivity index (χ1n) is 4.38. The van der Waals surface area contributed by atoms with Crippen molar-refractivity contribution < 1.29 is 4.74 Å². The van der Waals surface area contributed by atoms with Crippen molar-refractivity contribution in [1.29, 1.82) is 0 Å². The second kappa shape index (κ2) is 4.13. The standard InChI is InChI=1S/C11H10ClNOS/c1-14-10-3-2-7(4-9(10)12)8-5-11(13)15-6-8/h2-6H,13H2,1H3. The fourth-order valence-corrected chi connectivity index (χ4v) is 2.27. The van der Waals surface area contributed by atoms with Crippen LogP contribution in [0.1, 0.15) is 0 Å². The quantitative estimate of drug-likeness (QED) is 0.868. The lowest BCUT2D eigenvalue weighted by Crippen LogP contribution is -1.84. The van der Waals surface area contributed by atoms with Crippen LogP contribution in [-0.4, -0.2) is 7.11 Å². The van der Waals surface area contributed by atoms with Crippen LogP contribution in [-0.2, 0) is 0 Å². The zero-order chi connectivity index (χ0) is 10.8. The van der Waals surface area contributed by atoms with E-state index in [2.05, 4.69) is 0 Å². The summed E-state index contributed by atoms with van der Waals surface area (Å²) in [5.41, 5.74) is 7.81. The fourth-order valence-electron chi connectivity index (χ4n) is 1.35. The maximum atomic E-state index is 6.03. The summed E-state index contributed by atoms with van der Waals surface area (Å²) >= 11 is 7.55. The SMILES string of the molecule is COc1ccc(-c2csc(N)c2)cc1Cl. The number of methoxy groups -OCH3 is 1. The van der Waals surface area contributed by atoms with Crippen molar-refractivity contribution in [3.63, 3.8) is 0 Å². The highest BCUT2D eigenvalue weighted by atomic mass is 35.5. The Morgan fingerprint density at radius 1 is 1.27 bits per heavy atom. The summed E-state index contributed by atoms with van der Waals surface area (Å²) in [7, 11) is 1.60. The van der Waals surface area contributed by atoms with Gasteiger partial charge in [-0.25, -0.2) is 0 Å². The number of anilines is 1. The second-order valence-electron chi connectivity index (χ2n) is 3.09. The molecule has 0 unspecified atom stereocenters. The second-order valence-corrected chi connectivity index (χ2v) is 4.44. The van der Waals surface area contributed by atoms with Gasteiger partial charge >= 0.3 is 0 Å². The van der Waals surface area contributed by atoms with Gasteiger partial charge in [0.15, 0.2) is 0 Å². The minimum absolute atomic E-state index is 0.611. The molecule has 0 fully saturated rings. The monoisotopic (exact) mass is 239 g/mol. The van der Waals surface area contributed by atoms with Crippen LogP contribution in [0, 0.1) is 0 Å². The molecule has 1 aromatic carbocycles. The zero-order valence-electron chi connectivity index (χ0n) is 8.16. The highest BCUT2D eigenvalue weighted by molar-refractivity contribution is 7.14. The Hall–Kier alpha value is -1.19. The largest absolute Gasteiger partial charge is 0.495 e. The number of halogens is 1. The van der Waals surface area contributed by atoms with Gasteiger partial charge in [0, 0.05) is 5.38 Å². The normalized spacial score (nSPS) is 10.3. The van der Waals surface area contributed by atoms with E-state index in [9.17, 15) is 0 Å². The first-order chi connectivity index (χ1) is 7.20. The molecule has 0 atom stereocenters. The van der Waals surface area contributed by atoms with Crippen LogP contribution in [0.3, 0.4) is 0 Å². The van der Waals surface area contributed by atoms with Gasteiger partial charge in [0.05, 0.1) is 17.1 Å². The maximum Gasteiger partial charge on any atom is 0.137 e. The minimum atomic E-state index is 0.611. The summed E-state index contributed by atoms with van der Waals surface area (Å²) in [6, 6.07) is 7.63. The van der Waals surface area contributed by atoms with Gasteiger partial charge in [0.2, 0.25) is 0 Å². The van der Waals surface area contributed by atoms with Crippen molar-refractivity contribution in [2.45, 2.75) is 0 Å². The average Bonchev–Trinajstić information content (AvgIpc) is 2.65. The maximum absolute atomic E-state index is 6.03. The van der Waals surface area contributed by atoms with Crippen molar-refractivity contribution >= 4 is 27.9 Å². The van der Waals surface area contributed by atoms with Crippen LogP contribution >= 0.6 is 22.9 Å². The van der Waals surface area contributed by atoms with E-state index in [0.29, 0.717) is 10.8 Å². The van der Waals surface area contributed by atoms with Gasteiger partial charge in [-0.2, -0.15) is 0 Å². The van der Waals surface area contributed by atoms with E-state index in [1.807, 2.05) is 29.6 Å². The molecule has 2 nitrogen and oxygen atoms in total. The molecular weight excluding hydrogens is 230 g/mol. The highest BCUT2D eigenvalue weighted by Gasteiger charge is 2.04. The molecule has 1 aromatic heterocycles. The predicted octanol–water partition coefficient (Wildman–Crippen LogP) is 3.66. The highest BCUT2D eigenvalue weighted by Crippen LogP contribution is 2.32. The lowest BCUT2D eigenvalue weighted by atomic mass is 10.1. The van der Waals surface area contributed by atoms with Crippen molar-refractivity contribution in [2.75, 3.05) is 12.8 Å². The van der Waals surface area contributed by atoms with E-state index < -0.39 is 0 Å². The van der Waals surface area contributed by atoms with Gasteiger partial charge in [-0.1, -0.05) is 17.7 Å². The van der Waals surface area contributed by atoms with Gasteiger partial charge in [-0.05, 0) is 29.3 Å². The van der Waals surface area contributed by atoms with Gasteiger partial charge in [0.25, 0.3) is 0 Å². The molecule has 2 aromatic rings. The lowest BCUT2D eigenvalue weighted by molar-refractivity contribution is 0.415. The molecule has 2 N–H and O–H groups in total. The first-order valence-corrected chi connectivity index (χ1v) is 5.64. The Kier molecular flexibility index (Phi) is 2.84. The Bertz CT molecular complexity index is 481. The molecule has 0 radical (unpaired) electrons. The molecule has 2 rings (SSSR count). The first kappa shape index (κ1) is 10.3. The molecule has 0 saturated carbocycles. The van der Waals surface area contributed by atoms with Crippen molar-refractivity contribution in [2.24, 2.45) is 0 Å². The fraction of sp³-hybridized carbons (Fsp3) is 0.0909. The van der Waals surface area contributed by atoms with E-state index in [1.54, 1.807) is 7.11 Å². The summed E-state index contributed by atoms with van der Waals surface area (Å²) in [6.07, 6.45) is 0. The summed E-state index contributed by atoms with van der Waals surface area (Å²) in [5, 5.41) is 3.42. The topological polar surface area (TPSA) is 35.2 Å². The Balaban J connectivity index is 2.42. The number of benzene rings is 1. The van der Waals surface area contributed by atoms with Gasteiger partial charge in [-0.15, -0.1) is 11.3 Å². The van der Waals surface area contributed by atoms with Crippen molar-refractivity contribution in [3.05, 3.63) is 34.7 Å². The molecule has 1 heterocycles. The molecule has 78 valence electrons. The molecule has 0 spiro atoms. The van der Waals surface area contributed by atoms with Crippen LogP contribution in [0.5, 0.6) is 5.75 Å². The number of nitrogens with two attached hydrogens (primary N) is 1.